The summed E-state index contributed by atoms with van der Waals surface area (Å²) in [7, 11) is 1.49. The molecular weight excluding hydrogens is 642 g/mol. The Morgan fingerprint density at radius 1 is 0.667 bits per heavy atom. The number of nitrogens with zero attached hydrogens (tertiary/aromatic N) is 2. The molecule has 1 aliphatic rings. The standard InChI is InChI=1S/C42H79N3O6/c1-4-6-8-10-12-14-16-18-20-22-24-26-28-30-33-44(34-31-29-27-25-23-21-19-17-15-13-11-9-7-5-2)50-36-37-39(47)40(49-3)41(51-37)45-35-32-38(46)43-42(45)48/h32,35,37,39-41,47H,4-31,33-34,36H2,1-3H3,(H,43,46,48)/t37-,39?,40?,41-/m1/s1. The number of H-pyrrole nitrogens is 1. The van der Waals surface area contributed by atoms with Crippen molar-refractivity contribution < 1.29 is 19.4 Å². The maximum Gasteiger partial charge on any atom is 0.330 e. The molecule has 0 radical (unpaired) electrons. The highest BCUT2D eigenvalue weighted by Gasteiger charge is 2.45. The van der Waals surface area contributed by atoms with Crippen molar-refractivity contribution in [3.63, 3.8) is 0 Å². The number of methoxy groups -OCH3 is 1. The van der Waals surface area contributed by atoms with Crippen LogP contribution in [0.3, 0.4) is 0 Å². The number of unbranched alkanes of at least 4 members (excludes halogenated alkanes) is 26. The molecule has 1 saturated heterocycles. The molecule has 0 saturated carbocycles. The quantitative estimate of drug-likeness (QED) is 0.0531. The fourth-order valence-corrected chi connectivity index (χ4v) is 7.35. The van der Waals surface area contributed by atoms with Crippen molar-refractivity contribution in [3.8, 4) is 0 Å². The van der Waals surface area contributed by atoms with Crippen LogP contribution in [0.4, 0.5) is 0 Å². The van der Waals surface area contributed by atoms with Crippen LogP contribution >= 0.6 is 0 Å². The van der Waals surface area contributed by atoms with Gasteiger partial charge in [0.2, 0.25) is 0 Å². The van der Waals surface area contributed by atoms with Crippen LogP contribution in [0, 0.1) is 0 Å². The van der Waals surface area contributed by atoms with Crippen LogP contribution in [-0.4, -0.2) is 64.8 Å². The maximum atomic E-state index is 12.4. The molecule has 2 unspecified atom stereocenters. The molecule has 9 nitrogen and oxygen atoms in total. The van der Waals surface area contributed by atoms with Crippen LogP contribution in [0.15, 0.2) is 21.9 Å². The van der Waals surface area contributed by atoms with Crippen LogP contribution in [0.25, 0.3) is 0 Å². The van der Waals surface area contributed by atoms with Crippen LogP contribution in [0.5, 0.6) is 0 Å². The van der Waals surface area contributed by atoms with E-state index in [9.17, 15) is 14.7 Å². The van der Waals surface area contributed by atoms with Gasteiger partial charge < -0.3 is 14.6 Å². The average Bonchev–Trinajstić information content (AvgIpc) is 3.44. The molecule has 2 N–H and O–H groups in total. The normalized spacial score (nSPS) is 19.1. The van der Waals surface area contributed by atoms with Gasteiger partial charge in [-0.05, 0) is 12.8 Å². The van der Waals surface area contributed by atoms with Gasteiger partial charge in [-0.25, -0.2) is 4.79 Å². The lowest BCUT2D eigenvalue weighted by Crippen LogP contribution is -2.39. The van der Waals surface area contributed by atoms with Gasteiger partial charge in [-0.3, -0.25) is 19.2 Å². The molecule has 2 rings (SSSR count). The van der Waals surface area contributed by atoms with Crippen molar-refractivity contribution in [1.29, 1.82) is 0 Å². The molecule has 1 aromatic heterocycles. The molecule has 0 spiro atoms. The molecule has 1 aromatic rings. The topological polar surface area (TPSA) is 106 Å². The van der Waals surface area contributed by atoms with E-state index in [4.69, 9.17) is 14.3 Å². The second kappa shape index (κ2) is 30.9. The smallest absolute Gasteiger partial charge is 0.330 e. The van der Waals surface area contributed by atoms with Crippen molar-refractivity contribution in [2.24, 2.45) is 0 Å². The van der Waals surface area contributed by atoms with Gasteiger partial charge >= 0.3 is 5.69 Å². The van der Waals surface area contributed by atoms with Crippen molar-refractivity contribution in [3.05, 3.63) is 33.1 Å². The zero-order chi connectivity index (χ0) is 36.8. The zero-order valence-electron chi connectivity index (χ0n) is 33.3. The van der Waals surface area contributed by atoms with Crippen LogP contribution in [0.2, 0.25) is 0 Å². The maximum absolute atomic E-state index is 12.4. The second-order valence-electron chi connectivity index (χ2n) is 15.2. The van der Waals surface area contributed by atoms with E-state index in [0.717, 1.165) is 25.9 Å². The minimum Gasteiger partial charge on any atom is -0.387 e. The van der Waals surface area contributed by atoms with Crippen LogP contribution in [0.1, 0.15) is 200 Å². The molecule has 0 aromatic carbocycles. The van der Waals surface area contributed by atoms with E-state index in [1.54, 1.807) is 0 Å². The first-order chi connectivity index (χ1) is 25.0. The Morgan fingerprint density at radius 3 is 1.43 bits per heavy atom. The summed E-state index contributed by atoms with van der Waals surface area (Å²) >= 11 is 0. The number of aliphatic hydroxyl groups is 1. The number of hydroxylamine groups is 2. The molecular formula is C42H79N3O6. The molecule has 51 heavy (non-hydrogen) atoms. The molecule has 4 atom stereocenters. The highest BCUT2D eigenvalue weighted by Crippen LogP contribution is 2.31. The lowest BCUT2D eigenvalue weighted by Gasteiger charge is -2.24. The summed E-state index contributed by atoms with van der Waals surface area (Å²) in [4.78, 5) is 32.6. The van der Waals surface area contributed by atoms with Gasteiger partial charge in [-0.15, -0.1) is 0 Å². The number of ether oxygens (including phenoxy) is 2. The summed E-state index contributed by atoms with van der Waals surface area (Å²) in [5.74, 6) is 0. The summed E-state index contributed by atoms with van der Waals surface area (Å²) in [6, 6.07) is 1.27. The van der Waals surface area contributed by atoms with Gasteiger partial charge in [0.15, 0.2) is 6.23 Å². The number of hydrogen-bond acceptors (Lipinski definition) is 7. The fraction of sp³-hybridized carbons (Fsp3) is 0.905. The van der Waals surface area contributed by atoms with E-state index >= 15 is 0 Å². The minimum atomic E-state index is -0.970. The third kappa shape index (κ3) is 21.1. The lowest BCUT2D eigenvalue weighted by atomic mass is 10.0. The first-order valence-electron chi connectivity index (χ1n) is 21.6. The molecule has 1 fully saturated rings. The number of nitrogens with one attached hydrogen (secondary N) is 1. The Kier molecular flexibility index (Phi) is 27.6. The second-order valence-corrected chi connectivity index (χ2v) is 15.2. The largest absolute Gasteiger partial charge is 0.387 e. The highest BCUT2D eigenvalue weighted by atomic mass is 16.7. The monoisotopic (exact) mass is 722 g/mol. The number of aromatic amines is 1. The van der Waals surface area contributed by atoms with E-state index in [2.05, 4.69) is 23.9 Å². The number of hydrogen-bond donors (Lipinski definition) is 2. The van der Waals surface area contributed by atoms with Gasteiger partial charge in [0.25, 0.3) is 5.56 Å². The van der Waals surface area contributed by atoms with Gasteiger partial charge in [-0.2, -0.15) is 5.06 Å². The molecule has 298 valence electrons. The van der Waals surface area contributed by atoms with E-state index < -0.39 is 35.8 Å². The van der Waals surface area contributed by atoms with Crippen molar-refractivity contribution in [1.82, 2.24) is 14.6 Å². The first kappa shape index (κ1) is 45.6. The fourth-order valence-electron chi connectivity index (χ4n) is 7.35. The first-order valence-corrected chi connectivity index (χ1v) is 21.6. The van der Waals surface area contributed by atoms with Crippen molar-refractivity contribution in [2.45, 2.75) is 218 Å². The van der Waals surface area contributed by atoms with Crippen molar-refractivity contribution >= 4 is 0 Å². The minimum absolute atomic E-state index is 0.173. The number of rotatable bonds is 35. The summed E-state index contributed by atoms with van der Waals surface area (Å²) in [6.45, 7) is 6.45. The van der Waals surface area contributed by atoms with Gasteiger partial charge in [0.05, 0.1) is 6.61 Å². The number of aliphatic hydroxyl groups excluding tert-OH is 1. The molecule has 0 aliphatic carbocycles. The van der Waals surface area contributed by atoms with Crippen molar-refractivity contribution in [2.75, 3.05) is 26.8 Å². The predicted octanol–water partition coefficient (Wildman–Crippen LogP) is 10.0. The van der Waals surface area contributed by atoms with E-state index in [1.165, 1.54) is 191 Å². The molecule has 9 heteroatoms. The Bertz CT molecular complexity index is 1020. The Balaban J connectivity index is 1.70. The number of aromatic nitrogens is 2. The Morgan fingerprint density at radius 2 is 1.06 bits per heavy atom. The highest BCUT2D eigenvalue weighted by molar-refractivity contribution is 4.94. The average molecular weight is 722 g/mol. The van der Waals surface area contributed by atoms with E-state index in [1.807, 2.05) is 0 Å². The lowest BCUT2D eigenvalue weighted by molar-refractivity contribution is -0.194. The Labute approximate surface area is 311 Å². The predicted molar refractivity (Wildman–Crippen MR) is 210 cm³/mol. The van der Waals surface area contributed by atoms with E-state index in [0.29, 0.717) is 0 Å². The molecule has 1 aliphatic heterocycles. The van der Waals surface area contributed by atoms with Crippen LogP contribution < -0.4 is 11.2 Å². The van der Waals surface area contributed by atoms with Gasteiger partial charge in [0, 0.05) is 32.5 Å². The van der Waals surface area contributed by atoms with Crippen LogP contribution in [-0.2, 0) is 14.3 Å². The summed E-state index contributed by atoms with van der Waals surface area (Å²) in [5.41, 5.74) is -1.08. The Hall–Kier alpha value is -1.52. The third-order valence-corrected chi connectivity index (χ3v) is 10.7. The molecule has 0 bridgehead atoms. The zero-order valence-corrected chi connectivity index (χ0v) is 33.3. The summed E-state index contributed by atoms with van der Waals surface area (Å²) in [6.07, 6.45) is 35.5. The summed E-state index contributed by atoms with van der Waals surface area (Å²) < 4.78 is 12.9. The van der Waals surface area contributed by atoms with Gasteiger partial charge in [-0.1, -0.05) is 181 Å². The van der Waals surface area contributed by atoms with Gasteiger partial charge in [0.1, 0.15) is 18.3 Å². The third-order valence-electron chi connectivity index (χ3n) is 10.7. The molecule has 2 heterocycles. The molecule has 0 amide bonds. The summed E-state index contributed by atoms with van der Waals surface area (Å²) in [5, 5.41) is 13.1. The van der Waals surface area contributed by atoms with E-state index in [-0.39, 0.29) is 6.61 Å². The SMILES string of the molecule is CCCCCCCCCCCCCCCCN(CCCCCCCCCCCCCCCC)OC[C@H]1O[C@@H](n2ccc(=O)[nH]c2=O)C(OC)C1O.